The second kappa shape index (κ2) is 4.57. The first kappa shape index (κ1) is 11.0. The van der Waals surface area contributed by atoms with Gasteiger partial charge in [0.05, 0.1) is 15.6 Å². The second-order valence-electron chi connectivity index (χ2n) is 3.57. The molecule has 84 valence electrons. The summed E-state index contributed by atoms with van der Waals surface area (Å²) in [4.78, 5) is 15.7. The van der Waals surface area contributed by atoms with Crippen molar-refractivity contribution in [2.45, 2.75) is 26.8 Å². The number of aldehydes is 1. The van der Waals surface area contributed by atoms with Crippen LogP contribution in [0.2, 0.25) is 0 Å². The molecule has 2 rings (SSSR count). The number of carbonyl (C=O) groups is 1. The summed E-state index contributed by atoms with van der Waals surface area (Å²) in [6.07, 6.45) is 3.30. The molecular weight excluding hydrogens is 222 g/mol. The zero-order chi connectivity index (χ0) is 11.5. The van der Waals surface area contributed by atoms with Crippen molar-refractivity contribution in [3.63, 3.8) is 0 Å². The molecule has 0 amide bonds. The van der Waals surface area contributed by atoms with Crippen molar-refractivity contribution in [1.82, 2.24) is 14.8 Å². The Hall–Kier alpha value is -1.49. The molecule has 5 heteroatoms. The zero-order valence-electron chi connectivity index (χ0n) is 9.30. The Labute approximate surface area is 97.9 Å². The Bertz CT molecular complexity index is 501. The number of nitrogens with zero attached hydrogens (tertiary/aromatic N) is 3. The van der Waals surface area contributed by atoms with Crippen LogP contribution in [0.4, 0.5) is 0 Å². The molecule has 2 aromatic heterocycles. The van der Waals surface area contributed by atoms with E-state index in [-0.39, 0.29) is 0 Å². The Morgan fingerprint density at radius 1 is 1.50 bits per heavy atom. The second-order valence-corrected chi connectivity index (χ2v) is 4.77. The molecule has 0 spiro atoms. The number of thiazole rings is 1. The molecular formula is C11H13N3OS. The fourth-order valence-electron chi connectivity index (χ4n) is 1.56. The summed E-state index contributed by atoms with van der Waals surface area (Å²) >= 11 is 1.65. The third-order valence-electron chi connectivity index (χ3n) is 2.25. The molecule has 0 N–H and O–H groups in total. The molecule has 0 fully saturated rings. The molecule has 0 bridgehead atoms. The van der Waals surface area contributed by atoms with Crippen LogP contribution in [0.1, 0.15) is 17.1 Å². The summed E-state index contributed by atoms with van der Waals surface area (Å²) in [6, 6.07) is 1.96. The highest BCUT2D eigenvalue weighted by Gasteiger charge is 2.09. The van der Waals surface area contributed by atoms with E-state index >= 15 is 0 Å². The standard InChI is InChI=1S/C11H13N3OS/c1-8-11(16-9(2)12-8)10-4-6-14(13-10)5-3-7-15/h4,6-7H,3,5H2,1-2H3. The van der Waals surface area contributed by atoms with E-state index in [1.807, 2.05) is 26.1 Å². The van der Waals surface area contributed by atoms with Gasteiger partial charge in [0.25, 0.3) is 0 Å². The summed E-state index contributed by atoms with van der Waals surface area (Å²) < 4.78 is 1.79. The lowest BCUT2D eigenvalue weighted by molar-refractivity contribution is -0.108. The van der Waals surface area contributed by atoms with Crippen molar-refractivity contribution in [1.29, 1.82) is 0 Å². The van der Waals surface area contributed by atoms with Crippen LogP contribution in [0.15, 0.2) is 12.3 Å². The minimum atomic E-state index is 0.502. The number of aromatic nitrogens is 3. The molecule has 0 aliphatic rings. The Morgan fingerprint density at radius 2 is 2.31 bits per heavy atom. The summed E-state index contributed by atoms with van der Waals surface area (Å²) in [5, 5.41) is 5.47. The molecule has 16 heavy (non-hydrogen) atoms. The molecule has 2 aromatic rings. The maximum absolute atomic E-state index is 10.3. The van der Waals surface area contributed by atoms with Crippen LogP contribution in [-0.4, -0.2) is 21.1 Å². The highest BCUT2D eigenvalue weighted by atomic mass is 32.1. The van der Waals surface area contributed by atoms with Crippen molar-refractivity contribution in [3.8, 4) is 10.6 Å². The van der Waals surface area contributed by atoms with E-state index in [2.05, 4.69) is 10.1 Å². The van der Waals surface area contributed by atoms with E-state index in [9.17, 15) is 4.79 Å². The number of hydrogen-bond acceptors (Lipinski definition) is 4. The molecule has 0 aromatic carbocycles. The molecule has 0 saturated carbocycles. The number of aryl methyl sites for hydroxylation is 3. The summed E-state index contributed by atoms with van der Waals surface area (Å²) in [5.41, 5.74) is 1.96. The summed E-state index contributed by atoms with van der Waals surface area (Å²) in [6.45, 7) is 4.62. The van der Waals surface area contributed by atoms with Crippen molar-refractivity contribution < 1.29 is 4.79 Å². The van der Waals surface area contributed by atoms with Gasteiger partial charge in [-0.15, -0.1) is 11.3 Å². The van der Waals surface area contributed by atoms with Gasteiger partial charge in [-0.2, -0.15) is 5.10 Å². The van der Waals surface area contributed by atoms with E-state index in [4.69, 9.17) is 0 Å². The SMILES string of the molecule is Cc1nc(C)c(-c2ccn(CCC=O)n2)s1. The third kappa shape index (κ3) is 2.19. The van der Waals surface area contributed by atoms with Gasteiger partial charge in [0, 0.05) is 19.2 Å². The predicted octanol–water partition coefficient (Wildman–Crippen LogP) is 2.21. The van der Waals surface area contributed by atoms with E-state index in [0.717, 1.165) is 27.6 Å². The fraction of sp³-hybridized carbons (Fsp3) is 0.364. The van der Waals surface area contributed by atoms with Crippen LogP contribution in [0.5, 0.6) is 0 Å². The van der Waals surface area contributed by atoms with E-state index in [1.165, 1.54) is 0 Å². The first-order valence-corrected chi connectivity index (χ1v) is 5.94. The van der Waals surface area contributed by atoms with Gasteiger partial charge in [-0.25, -0.2) is 4.98 Å². The van der Waals surface area contributed by atoms with Crippen LogP contribution < -0.4 is 0 Å². The number of rotatable bonds is 4. The average molecular weight is 235 g/mol. The minimum absolute atomic E-state index is 0.502. The van der Waals surface area contributed by atoms with Gasteiger partial charge in [0.15, 0.2) is 0 Å². The lowest BCUT2D eigenvalue weighted by atomic mass is 10.3. The Balaban J connectivity index is 2.24. The highest BCUT2D eigenvalue weighted by Crippen LogP contribution is 2.27. The monoisotopic (exact) mass is 235 g/mol. The van der Waals surface area contributed by atoms with Gasteiger partial charge in [0.2, 0.25) is 0 Å². The normalized spacial score (nSPS) is 10.6. The quantitative estimate of drug-likeness (QED) is 0.763. The van der Waals surface area contributed by atoms with Crippen LogP contribution in [0, 0.1) is 13.8 Å². The molecule has 0 saturated heterocycles. The van der Waals surface area contributed by atoms with Crippen LogP contribution >= 0.6 is 11.3 Å². The van der Waals surface area contributed by atoms with Crippen LogP contribution in [0.25, 0.3) is 10.6 Å². The van der Waals surface area contributed by atoms with Crippen molar-refractivity contribution in [2.24, 2.45) is 0 Å². The van der Waals surface area contributed by atoms with Crippen LogP contribution in [0.3, 0.4) is 0 Å². The van der Waals surface area contributed by atoms with Crippen LogP contribution in [-0.2, 0) is 11.3 Å². The number of hydrogen-bond donors (Lipinski definition) is 0. The fourth-order valence-corrected chi connectivity index (χ4v) is 2.45. The Morgan fingerprint density at radius 3 is 2.94 bits per heavy atom. The van der Waals surface area contributed by atoms with Gasteiger partial charge in [-0.05, 0) is 19.9 Å². The third-order valence-corrected chi connectivity index (χ3v) is 3.35. The molecule has 2 heterocycles. The highest BCUT2D eigenvalue weighted by molar-refractivity contribution is 7.15. The van der Waals surface area contributed by atoms with E-state index in [1.54, 1.807) is 16.0 Å². The zero-order valence-corrected chi connectivity index (χ0v) is 10.1. The molecule has 0 aliphatic heterocycles. The van der Waals surface area contributed by atoms with Crippen molar-refractivity contribution in [3.05, 3.63) is 23.0 Å². The lowest BCUT2D eigenvalue weighted by Gasteiger charge is -1.95. The van der Waals surface area contributed by atoms with Crippen molar-refractivity contribution in [2.75, 3.05) is 0 Å². The topological polar surface area (TPSA) is 47.8 Å². The lowest BCUT2D eigenvalue weighted by Crippen LogP contribution is -1.98. The minimum Gasteiger partial charge on any atom is -0.303 e. The largest absolute Gasteiger partial charge is 0.303 e. The van der Waals surface area contributed by atoms with Gasteiger partial charge in [-0.3, -0.25) is 4.68 Å². The molecule has 0 unspecified atom stereocenters. The first-order valence-electron chi connectivity index (χ1n) is 5.12. The van der Waals surface area contributed by atoms with Gasteiger partial charge < -0.3 is 4.79 Å². The van der Waals surface area contributed by atoms with Crippen molar-refractivity contribution >= 4 is 17.6 Å². The maximum Gasteiger partial charge on any atom is 0.121 e. The van der Waals surface area contributed by atoms with Gasteiger partial charge >= 0.3 is 0 Å². The smallest absolute Gasteiger partial charge is 0.121 e. The molecule has 4 nitrogen and oxygen atoms in total. The molecule has 0 radical (unpaired) electrons. The average Bonchev–Trinajstić information content (AvgIpc) is 2.82. The van der Waals surface area contributed by atoms with E-state index < -0.39 is 0 Å². The molecule has 0 atom stereocenters. The number of carbonyl (C=O) groups excluding carboxylic acids is 1. The Kier molecular flexibility index (Phi) is 3.14. The maximum atomic E-state index is 10.3. The predicted molar refractivity (Wildman–Crippen MR) is 63.5 cm³/mol. The first-order chi connectivity index (χ1) is 7.70. The van der Waals surface area contributed by atoms with Gasteiger partial charge in [0.1, 0.15) is 12.0 Å². The summed E-state index contributed by atoms with van der Waals surface area (Å²) in [7, 11) is 0. The molecule has 0 aliphatic carbocycles. The summed E-state index contributed by atoms with van der Waals surface area (Å²) in [5.74, 6) is 0. The van der Waals surface area contributed by atoms with E-state index in [0.29, 0.717) is 13.0 Å². The van der Waals surface area contributed by atoms with Gasteiger partial charge in [-0.1, -0.05) is 0 Å².